The quantitative estimate of drug-likeness (QED) is 0.819. The maximum Gasteiger partial charge on any atom is 0.319 e. The van der Waals surface area contributed by atoms with Crippen molar-refractivity contribution >= 4 is 17.4 Å². The molecule has 0 unspecified atom stereocenters. The van der Waals surface area contributed by atoms with Gasteiger partial charge in [-0.05, 0) is 48.6 Å². The van der Waals surface area contributed by atoms with Crippen LogP contribution in [0.3, 0.4) is 0 Å². The third kappa shape index (κ3) is 4.64. The number of anilines is 2. The zero-order valence-corrected chi connectivity index (χ0v) is 16.2. The lowest BCUT2D eigenvalue weighted by Gasteiger charge is -2.27. The van der Waals surface area contributed by atoms with Gasteiger partial charge in [-0.3, -0.25) is 0 Å². The Labute approximate surface area is 160 Å². The highest BCUT2D eigenvalue weighted by atomic mass is 16.5. The zero-order valence-electron chi connectivity index (χ0n) is 16.2. The van der Waals surface area contributed by atoms with Crippen LogP contribution in [0.25, 0.3) is 0 Å². The van der Waals surface area contributed by atoms with Crippen molar-refractivity contribution in [2.75, 3.05) is 44.6 Å². The van der Waals surface area contributed by atoms with Gasteiger partial charge in [0.1, 0.15) is 11.5 Å². The van der Waals surface area contributed by atoms with Crippen LogP contribution in [0.5, 0.6) is 11.5 Å². The molecule has 0 bridgehead atoms. The van der Waals surface area contributed by atoms with Crippen molar-refractivity contribution in [3.63, 3.8) is 0 Å². The Bertz CT molecular complexity index is 807. The van der Waals surface area contributed by atoms with Crippen molar-refractivity contribution in [1.29, 1.82) is 0 Å². The molecule has 144 valence electrons. The average molecular weight is 369 g/mol. The van der Waals surface area contributed by atoms with Crippen molar-refractivity contribution in [1.82, 2.24) is 5.32 Å². The first-order valence-corrected chi connectivity index (χ1v) is 9.20. The molecule has 0 spiro atoms. The molecule has 2 aromatic rings. The van der Waals surface area contributed by atoms with Crippen molar-refractivity contribution < 1.29 is 14.3 Å². The Morgan fingerprint density at radius 2 is 2.00 bits per heavy atom. The largest absolute Gasteiger partial charge is 0.497 e. The average Bonchev–Trinajstić information content (AvgIpc) is 2.68. The molecule has 3 rings (SSSR count). The molecule has 0 aliphatic carbocycles. The van der Waals surface area contributed by atoms with Gasteiger partial charge in [-0.25, -0.2) is 4.79 Å². The number of ether oxygens (including phenoxy) is 2. The fourth-order valence-electron chi connectivity index (χ4n) is 3.38. The number of fused-ring (bicyclic) bond motifs is 1. The van der Waals surface area contributed by atoms with E-state index in [0.29, 0.717) is 23.7 Å². The van der Waals surface area contributed by atoms with Gasteiger partial charge < -0.3 is 25.0 Å². The normalized spacial score (nSPS) is 12.9. The van der Waals surface area contributed by atoms with E-state index in [1.165, 1.54) is 23.2 Å². The molecule has 2 N–H and O–H groups in total. The Morgan fingerprint density at radius 3 is 2.78 bits per heavy atom. The number of benzene rings is 2. The summed E-state index contributed by atoms with van der Waals surface area (Å²) in [6, 6.07) is 11.6. The Hall–Kier alpha value is -2.89. The number of nitrogens with zero attached hydrogens (tertiary/aromatic N) is 1. The highest BCUT2D eigenvalue weighted by molar-refractivity contribution is 5.91. The molecule has 1 heterocycles. The van der Waals surface area contributed by atoms with Crippen LogP contribution >= 0.6 is 0 Å². The lowest BCUT2D eigenvalue weighted by molar-refractivity contribution is 0.252. The number of aryl methyl sites for hydroxylation is 1. The summed E-state index contributed by atoms with van der Waals surface area (Å²) in [4.78, 5) is 14.5. The predicted octanol–water partition coefficient (Wildman–Crippen LogP) is 3.45. The minimum Gasteiger partial charge on any atom is -0.497 e. The molecular formula is C21H27N3O3. The summed E-state index contributed by atoms with van der Waals surface area (Å²) in [5.74, 6) is 1.24. The summed E-state index contributed by atoms with van der Waals surface area (Å²) in [6.45, 7) is 1.68. The molecule has 2 aromatic carbocycles. The van der Waals surface area contributed by atoms with Gasteiger partial charge in [0, 0.05) is 31.9 Å². The second-order valence-corrected chi connectivity index (χ2v) is 6.69. The van der Waals surface area contributed by atoms with Gasteiger partial charge >= 0.3 is 6.03 Å². The van der Waals surface area contributed by atoms with Crippen LogP contribution in [-0.4, -0.2) is 40.4 Å². The van der Waals surface area contributed by atoms with E-state index in [1.54, 1.807) is 32.4 Å². The second-order valence-electron chi connectivity index (χ2n) is 6.69. The molecule has 2 amide bonds. The lowest BCUT2D eigenvalue weighted by Crippen LogP contribution is -2.30. The van der Waals surface area contributed by atoms with Crippen molar-refractivity contribution in [2.45, 2.75) is 19.3 Å². The molecule has 0 atom stereocenters. The van der Waals surface area contributed by atoms with Crippen LogP contribution < -0.4 is 25.0 Å². The number of carbonyl (C=O) groups excluding carboxylic acids is 1. The molecule has 0 saturated heterocycles. The SMILES string of the molecule is COc1ccc(NC(=O)NCCc2ccc3c(c2)CCCN3C)c(OC)c1. The van der Waals surface area contributed by atoms with Gasteiger partial charge in [0.25, 0.3) is 0 Å². The molecule has 0 saturated carbocycles. The third-order valence-corrected chi connectivity index (χ3v) is 4.85. The summed E-state index contributed by atoms with van der Waals surface area (Å²) >= 11 is 0. The van der Waals surface area contributed by atoms with Crippen molar-refractivity contribution in [3.8, 4) is 11.5 Å². The number of urea groups is 1. The number of nitrogens with one attached hydrogen (secondary N) is 2. The van der Waals surface area contributed by atoms with Crippen LogP contribution in [-0.2, 0) is 12.8 Å². The molecule has 6 nitrogen and oxygen atoms in total. The number of hydrogen-bond donors (Lipinski definition) is 2. The molecular weight excluding hydrogens is 342 g/mol. The summed E-state index contributed by atoms with van der Waals surface area (Å²) in [5, 5.41) is 5.72. The van der Waals surface area contributed by atoms with Crippen LogP contribution in [0.4, 0.5) is 16.2 Å². The minimum atomic E-state index is -0.254. The number of carbonyl (C=O) groups is 1. The minimum absolute atomic E-state index is 0.254. The number of methoxy groups -OCH3 is 2. The van der Waals surface area contributed by atoms with Gasteiger partial charge in [0.15, 0.2) is 0 Å². The van der Waals surface area contributed by atoms with E-state index >= 15 is 0 Å². The van der Waals surface area contributed by atoms with E-state index in [-0.39, 0.29) is 6.03 Å². The number of amides is 2. The topological polar surface area (TPSA) is 62.8 Å². The molecule has 0 fully saturated rings. The van der Waals surface area contributed by atoms with Crippen molar-refractivity contribution in [3.05, 3.63) is 47.5 Å². The highest BCUT2D eigenvalue weighted by Crippen LogP contribution is 2.29. The van der Waals surface area contributed by atoms with Crippen LogP contribution in [0.2, 0.25) is 0 Å². The lowest BCUT2D eigenvalue weighted by atomic mass is 9.98. The molecule has 1 aliphatic heterocycles. The summed E-state index contributed by atoms with van der Waals surface area (Å²) in [7, 11) is 5.29. The Morgan fingerprint density at radius 1 is 1.15 bits per heavy atom. The maximum atomic E-state index is 12.2. The fourth-order valence-corrected chi connectivity index (χ4v) is 3.38. The maximum absolute atomic E-state index is 12.2. The molecule has 1 aliphatic rings. The van der Waals surface area contributed by atoms with E-state index in [2.05, 4.69) is 40.8 Å². The van der Waals surface area contributed by atoms with E-state index in [4.69, 9.17) is 9.47 Å². The van der Waals surface area contributed by atoms with Crippen LogP contribution in [0, 0.1) is 0 Å². The van der Waals surface area contributed by atoms with E-state index < -0.39 is 0 Å². The van der Waals surface area contributed by atoms with E-state index in [9.17, 15) is 4.79 Å². The molecule has 0 radical (unpaired) electrons. The molecule has 27 heavy (non-hydrogen) atoms. The first-order valence-electron chi connectivity index (χ1n) is 9.20. The molecule has 0 aromatic heterocycles. The Balaban J connectivity index is 1.53. The first-order chi connectivity index (χ1) is 13.1. The summed E-state index contributed by atoms with van der Waals surface area (Å²) < 4.78 is 10.5. The van der Waals surface area contributed by atoms with Crippen molar-refractivity contribution in [2.24, 2.45) is 0 Å². The molecule has 6 heteroatoms. The number of hydrogen-bond acceptors (Lipinski definition) is 4. The smallest absolute Gasteiger partial charge is 0.319 e. The summed E-state index contributed by atoms with van der Waals surface area (Å²) in [5.41, 5.74) is 4.56. The highest BCUT2D eigenvalue weighted by Gasteiger charge is 2.14. The Kier molecular flexibility index (Phi) is 6.06. The first kappa shape index (κ1) is 18.9. The van der Waals surface area contributed by atoms with Gasteiger partial charge in [-0.15, -0.1) is 0 Å². The zero-order chi connectivity index (χ0) is 19.2. The number of rotatable bonds is 6. The monoisotopic (exact) mass is 369 g/mol. The standard InChI is InChI=1S/C21H27N3O3/c1-24-12-4-5-16-13-15(6-9-19(16)24)10-11-22-21(25)23-18-8-7-17(26-2)14-20(18)27-3/h6-9,13-14H,4-5,10-12H2,1-3H3,(H2,22,23,25). The fraction of sp³-hybridized carbons (Fsp3) is 0.381. The third-order valence-electron chi connectivity index (χ3n) is 4.85. The second kappa shape index (κ2) is 8.66. The van der Waals surface area contributed by atoms with Gasteiger partial charge in [0.2, 0.25) is 0 Å². The van der Waals surface area contributed by atoms with E-state index in [0.717, 1.165) is 19.4 Å². The van der Waals surface area contributed by atoms with Gasteiger partial charge in [-0.1, -0.05) is 12.1 Å². The van der Waals surface area contributed by atoms with Gasteiger partial charge in [0.05, 0.1) is 19.9 Å². The van der Waals surface area contributed by atoms with E-state index in [1.807, 2.05) is 0 Å². The van der Waals surface area contributed by atoms with Crippen LogP contribution in [0.1, 0.15) is 17.5 Å². The van der Waals surface area contributed by atoms with Gasteiger partial charge in [-0.2, -0.15) is 0 Å². The predicted molar refractivity (Wildman–Crippen MR) is 108 cm³/mol. The summed E-state index contributed by atoms with van der Waals surface area (Å²) in [6.07, 6.45) is 3.11. The van der Waals surface area contributed by atoms with Crippen LogP contribution in [0.15, 0.2) is 36.4 Å².